The maximum absolute atomic E-state index is 11.9. The van der Waals surface area contributed by atoms with Gasteiger partial charge in [0, 0.05) is 19.9 Å². The Morgan fingerprint density at radius 1 is 1.25 bits per heavy atom. The summed E-state index contributed by atoms with van der Waals surface area (Å²) >= 11 is 0. The summed E-state index contributed by atoms with van der Waals surface area (Å²) in [6.07, 6.45) is 1.44. The molecule has 0 aromatic rings. The van der Waals surface area contributed by atoms with E-state index in [2.05, 4.69) is 10.1 Å². The lowest BCUT2D eigenvalue weighted by molar-refractivity contribution is -0.142. The lowest BCUT2D eigenvalue weighted by Gasteiger charge is -2.22. The summed E-state index contributed by atoms with van der Waals surface area (Å²) in [4.78, 5) is 47.1. The summed E-state index contributed by atoms with van der Waals surface area (Å²) in [5, 5.41) is 2.52. The van der Waals surface area contributed by atoms with Crippen LogP contribution in [0.1, 0.15) is 32.6 Å². The number of ketones is 1. The summed E-state index contributed by atoms with van der Waals surface area (Å²) in [6, 6.07) is -0.485. The SMILES string of the molecule is COC(=O)CCC(=O)CNC(=O)[C@@H]1CCCN1C(C)=O. The van der Waals surface area contributed by atoms with Crippen molar-refractivity contribution in [2.75, 3.05) is 20.2 Å². The number of rotatable bonds is 6. The van der Waals surface area contributed by atoms with Crippen LogP contribution in [0.15, 0.2) is 0 Å². The predicted octanol–water partition coefficient (Wildman–Crippen LogP) is -0.364. The van der Waals surface area contributed by atoms with E-state index in [1.165, 1.54) is 18.9 Å². The van der Waals surface area contributed by atoms with Crippen LogP contribution in [0.25, 0.3) is 0 Å². The Morgan fingerprint density at radius 2 is 1.95 bits per heavy atom. The molecule has 7 heteroatoms. The van der Waals surface area contributed by atoms with Crippen molar-refractivity contribution < 1.29 is 23.9 Å². The van der Waals surface area contributed by atoms with Gasteiger partial charge < -0.3 is 15.0 Å². The molecule has 0 aliphatic carbocycles. The third-order valence-corrected chi connectivity index (χ3v) is 3.26. The quantitative estimate of drug-likeness (QED) is 0.672. The van der Waals surface area contributed by atoms with Gasteiger partial charge in [-0.1, -0.05) is 0 Å². The van der Waals surface area contributed by atoms with E-state index in [9.17, 15) is 19.2 Å². The summed E-state index contributed by atoms with van der Waals surface area (Å²) in [7, 11) is 1.25. The van der Waals surface area contributed by atoms with Crippen molar-refractivity contribution in [1.82, 2.24) is 10.2 Å². The van der Waals surface area contributed by atoms with Gasteiger partial charge in [-0.15, -0.1) is 0 Å². The summed E-state index contributed by atoms with van der Waals surface area (Å²) < 4.78 is 4.43. The fourth-order valence-corrected chi connectivity index (χ4v) is 2.15. The van der Waals surface area contributed by atoms with E-state index < -0.39 is 12.0 Å². The fourth-order valence-electron chi connectivity index (χ4n) is 2.15. The van der Waals surface area contributed by atoms with Gasteiger partial charge in [-0.25, -0.2) is 0 Å². The Hall–Kier alpha value is -1.92. The van der Waals surface area contributed by atoms with Crippen LogP contribution in [0.4, 0.5) is 0 Å². The number of amides is 2. The second-order valence-corrected chi connectivity index (χ2v) is 4.70. The highest BCUT2D eigenvalue weighted by Crippen LogP contribution is 2.17. The molecule has 0 saturated carbocycles. The molecule has 0 unspecified atom stereocenters. The van der Waals surface area contributed by atoms with Crippen molar-refractivity contribution in [2.24, 2.45) is 0 Å². The van der Waals surface area contributed by atoms with Crippen LogP contribution in [0, 0.1) is 0 Å². The normalized spacial score (nSPS) is 17.7. The Bertz CT molecular complexity index is 408. The Labute approximate surface area is 117 Å². The van der Waals surface area contributed by atoms with Crippen LogP contribution in [-0.2, 0) is 23.9 Å². The molecule has 2 amide bonds. The molecule has 1 rings (SSSR count). The first-order valence-corrected chi connectivity index (χ1v) is 6.59. The number of carbonyl (C=O) groups is 4. The number of Topliss-reactive ketones (excluding diaryl/α,β-unsaturated/α-hetero) is 1. The van der Waals surface area contributed by atoms with Crippen LogP contribution in [0.5, 0.6) is 0 Å². The standard InChI is InChI=1S/C13H20N2O5/c1-9(16)15-7-3-4-11(15)13(19)14-8-10(17)5-6-12(18)20-2/h11H,3-8H2,1-2H3,(H,14,19)/t11-/m0/s1. The van der Waals surface area contributed by atoms with Crippen LogP contribution < -0.4 is 5.32 Å². The zero-order valence-corrected chi connectivity index (χ0v) is 11.8. The second-order valence-electron chi connectivity index (χ2n) is 4.70. The van der Waals surface area contributed by atoms with Crippen molar-refractivity contribution in [3.8, 4) is 0 Å². The smallest absolute Gasteiger partial charge is 0.305 e. The highest BCUT2D eigenvalue weighted by Gasteiger charge is 2.32. The molecule has 1 N–H and O–H groups in total. The van der Waals surface area contributed by atoms with E-state index in [1.54, 1.807) is 0 Å². The van der Waals surface area contributed by atoms with Crippen molar-refractivity contribution in [1.29, 1.82) is 0 Å². The lowest BCUT2D eigenvalue weighted by atomic mass is 10.2. The number of nitrogens with zero attached hydrogens (tertiary/aromatic N) is 1. The van der Waals surface area contributed by atoms with Gasteiger partial charge >= 0.3 is 5.97 Å². The highest BCUT2D eigenvalue weighted by molar-refractivity contribution is 5.91. The number of esters is 1. The Kier molecular flexibility index (Phi) is 6.14. The molecule has 20 heavy (non-hydrogen) atoms. The zero-order chi connectivity index (χ0) is 15.1. The van der Waals surface area contributed by atoms with E-state index in [1.807, 2.05) is 0 Å². The van der Waals surface area contributed by atoms with Crippen molar-refractivity contribution in [3.63, 3.8) is 0 Å². The molecule has 112 valence electrons. The first-order valence-electron chi connectivity index (χ1n) is 6.59. The fraction of sp³-hybridized carbons (Fsp3) is 0.692. The summed E-state index contributed by atoms with van der Waals surface area (Å²) in [5.74, 6) is -1.15. The Morgan fingerprint density at radius 3 is 2.55 bits per heavy atom. The monoisotopic (exact) mass is 284 g/mol. The van der Waals surface area contributed by atoms with E-state index in [-0.39, 0.29) is 37.0 Å². The zero-order valence-electron chi connectivity index (χ0n) is 11.8. The van der Waals surface area contributed by atoms with E-state index in [0.29, 0.717) is 13.0 Å². The van der Waals surface area contributed by atoms with Crippen LogP contribution in [0.2, 0.25) is 0 Å². The highest BCUT2D eigenvalue weighted by atomic mass is 16.5. The minimum Gasteiger partial charge on any atom is -0.469 e. The van der Waals surface area contributed by atoms with Crippen molar-refractivity contribution in [3.05, 3.63) is 0 Å². The number of likely N-dealkylation sites (tertiary alicyclic amines) is 1. The summed E-state index contributed by atoms with van der Waals surface area (Å²) in [5.41, 5.74) is 0. The number of hydrogen-bond donors (Lipinski definition) is 1. The van der Waals surface area contributed by atoms with Crippen LogP contribution >= 0.6 is 0 Å². The molecule has 1 heterocycles. The average Bonchev–Trinajstić information content (AvgIpc) is 2.91. The van der Waals surface area contributed by atoms with Gasteiger partial charge in [-0.3, -0.25) is 19.2 Å². The first-order chi connectivity index (χ1) is 9.45. The van der Waals surface area contributed by atoms with Gasteiger partial charge in [0.2, 0.25) is 11.8 Å². The molecule has 1 saturated heterocycles. The summed E-state index contributed by atoms with van der Waals surface area (Å²) in [6.45, 7) is 1.87. The molecule has 0 bridgehead atoms. The van der Waals surface area contributed by atoms with Gasteiger partial charge in [-0.05, 0) is 12.8 Å². The number of nitrogens with one attached hydrogen (secondary N) is 1. The molecular weight excluding hydrogens is 264 g/mol. The third kappa shape index (κ3) is 4.64. The molecule has 0 aromatic heterocycles. The lowest BCUT2D eigenvalue weighted by Crippen LogP contribution is -2.46. The molecule has 1 fully saturated rings. The number of methoxy groups -OCH3 is 1. The van der Waals surface area contributed by atoms with E-state index in [4.69, 9.17) is 0 Å². The largest absolute Gasteiger partial charge is 0.469 e. The van der Waals surface area contributed by atoms with Gasteiger partial charge in [0.1, 0.15) is 6.04 Å². The average molecular weight is 284 g/mol. The molecule has 0 radical (unpaired) electrons. The predicted molar refractivity (Wildman–Crippen MR) is 69.7 cm³/mol. The maximum atomic E-state index is 11.9. The molecule has 1 aliphatic heterocycles. The van der Waals surface area contributed by atoms with Gasteiger partial charge in [0.15, 0.2) is 5.78 Å². The Balaban J connectivity index is 2.34. The van der Waals surface area contributed by atoms with E-state index >= 15 is 0 Å². The molecule has 1 aliphatic rings. The maximum Gasteiger partial charge on any atom is 0.305 e. The molecular formula is C13H20N2O5. The number of ether oxygens (including phenoxy) is 1. The third-order valence-electron chi connectivity index (χ3n) is 3.26. The topological polar surface area (TPSA) is 92.8 Å². The van der Waals surface area contributed by atoms with Crippen molar-refractivity contribution in [2.45, 2.75) is 38.6 Å². The minimum absolute atomic E-state index is 0.00814. The number of carbonyl (C=O) groups excluding carboxylic acids is 4. The second kappa shape index (κ2) is 7.62. The van der Waals surface area contributed by atoms with E-state index in [0.717, 1.165) is 6.42 Å². The minimum atomic E-state index is -0.485. The molecule has 0 aromatic carbocycles. The molecule has 7 nitrogen and oxygen atoms in total. The van der Waals surface area contributed by atoms with Gasteiger partial charge in [0.05, 0.1) is 20.1 Å². The van der Waals surface area contributed by atoms with Crippen LogP contribution in [-0.4, -0.2) is 54.7 Å². The van der Waals surface area contributed by atoms with Crippen LogP contribution in [0.3, 0.4) is 0 Å². The molecule has 1 atom stereocenters. The first kappa shape index (κ1) is 16.1. The van der Waals surface area contributed by atoms with Gasteiger partial charge in [-0.2, -0.15) is 0 Å². The van der Waals surface area contributed by atoms with Gasteiger partial charge in [0.25, 0.3) is 0 Å². The number of hydrogen-bond acceptors (Lipinski definition) is 5. The molecule has 0 spiro atoms. The van der Waals surface area contributed by atoms with Crippen molar-refractivity contribution >= 4 is 23.6 Å².